The number of nitrogens with zero attached hydrogens (tertiary/aromatic N) is 3. The number of anilines is 2. The fourth-order valence-electron chi connectivity index (χ4n) is 3.90. The van der Waals surface area contributed by atoms with Crippen molar-refractivity contribution >= 4 is 28.4 Å². The molecule has 31 heavy (non-hydrogen) atoms. The summed E-state index contributed by atoms with van der Waals surface area (Å²) < 4.78 is 15.4. The molecule has 4 N–H and O–H groups in total. The van der Waals surface area contributed by atoms with Gasteiger partial charge >= 0.3 is 0 Å². The smallest absolute Gasteiger partial charge is 0.257 e. The third kappa shape index (κ3) is 3.94. The van der Waals surface area contributed by atoms with Gasteiger partial charge in [0.15, 0.2) is 6.10 Å². The van der Waals surface area contributed by atoms with Gasteiger partial charge in [-0.05, 0) is 55.2 Å². The fraction of sp³-hybridized carbons (Fsp3) is 0.261. The van der Waals surface area contributed by atoms with Crippen LogP contribution in [0.2, 0.25) is 0 Å². The standard InChI is InChI=1S/C23H24FN5O2/c1-12-9-16(28-23(31)20(30)14-5-4-6-15(24)10-14)7-8-17(12)18-11-29(3)22-19(18)21(25)26-13(2)27-22/h5,7-11,20,30H,4,6H2,1-3H3,(H,28,31)(H2,25,26,27). The van der Waals surface area contributed by atoms with Crippen molar-refractivity contribution in [1.29, 1.82) is 0 Å². The Labute approximate surface area is 179 Å². The van der Waals surface area contributed by atoms with E-state index in [2.05, 4.69) is 15.3 Å². The molecule has 1 atom stereocenters. The van der Waals surface area contributed by atoms with Crippen LogP contribution in [0.4, 0.5) is 15.9 Å². The van der Waals surface area contributed by atoms with E-state index in [1.54, 1.807) is 19.1 Å². The molecule has 0 fully saturated rings. The summed E-state index contributed by atoms with van der Waals surface area (Å²) in [5.74, 6) is 0.0775. The second kappa shape index (κ2) is 7.96. The van der Waals surface area contributed by atoms with Crippen LogP contribution in [0.25, 0.3) is 22.2 Å². The Balaban J connectivity index is 1.62. The van der Waals surface area contributed by atoms with Crippen molar-refractivity contribution in [3.05, 3.63) is 59.3 Å². The SMILES string of the molecule is Cc1nc(N)c2c(-c3ccc(NC(=O)C(O)C4=CCCC(F)=C4)cc3C)cn(C)c2n1. The molecule has 0 bridgehead atoms. The van der Waals surface area contributed by atoms with E-state index >= 15 is 0 Å². The van der Waals surface area contributed by atoms with Crippen molar-refractivity contribution in [2.45, 2.75) is 32.8 Å². The summed E-state index contributed by atoms with van der Waals surface area (Å²) in [4.78, 5) is 21.2. The average molecular weight is 421 g/mol. The largest absolute Gasteiger partial charge is 0.383 e. The van der Waals surface area contributed by atoms with E-state index in [0.29, 0.717) is 30.2 Å². The van der Waals surface area contributed by atoms with Gasteiger partial charge in [-0.1, -0.05) is 12.1 Å². The highest BCUT2D eigenvalue weighted by atomic mass is 19.1. The highest BCUT2D eigenvalue weighted by molar-refractivity contribution is 6.02. The predicted octanol–water partition coefficient (Wildman–Crippen LogP) is 3.71. The van der Waals surface area contributed by atoms with E-state index in [9.17, 15) is 14.3 Å². The molecule has 3 aromatic rings. The van der Waals surface area contributed by atoms with Crippen LogP contribution in [0.1, 0.15) is 24.2 Å². The number of aliphatic hydroxyl groups excluding tert-OH is 1. The number of carbonyl (C=O) groups is 1. The normalized spacial score (nSPS) is 14.9. The number of nitrogens with one attached hydrogen (secondary N) is 1. The molecule has 7 nitrogen and oxygen atoms in total. The van der Waals surface area contributed by atoms with Crippen molar-refractivity contribution in [2.75, 3.05) is 11.1 Å². The Kier molecular flexibility index (Phi) is 5.32. The van der Waals surface area contributed by atoms with Gasteiger partial charge in [-0.25, -0.2) is 14.4 Å². The first-order valence-corrected chi connectivity index (χ1v) is 10.00. The number of aryl methyl sites for hydroxylation is 3. The molecular weight excluding hydrogens is 397 g/mol. The number of nitrogens with two attached hydrogens (primary N) is 1. The van der Waals surface area contributed by atoms with Gasteiger partial charge in [0.2, 0.25) is 0 Å². The maximum Gasteiger partial charge on any atom is 0.257 e. The topological polar surface area (TPSA) is 106 Å². The number of fused-ring (bicyclic) bond motifs is 1. The molecule has 4 rings (SSSR count). The molecule has 1 unspecified atom stereocenters. The minimum Gasteiger partial charge on any atom is -0.383 e. The van der Waals surface area contributed by atoms with Crippen LogP contribution in [0.15, 0.2) is 47.9 Å². The Hall–Kier alpha value is -3.52. The van der Waals surface area contributed by atoms with Gasteiger partial charge in [0, 0.05) is 30.9 Å². The van der Waals surface area contributed by atoms with E-state index in [1.165, 1.54) is 6.08 Å². The number of halogens is 1. The van der Waals surface area contributed by atoms with Crippen LogP contribution in [0.3, 0.4) is 0 Å². The van der Waals surface area contributed by atoms with Gasteiger partial charge < -0.3 is 20.7 Å². The molecule has 1 aliphatic rings. The Morgan fingerprint density at radius 2 is 2.06 bits per heavy atom. The van der Waals surface area contributed by atoms with Gasteiger partial charge in [-0.2, -0.15) is 0 Å². The van der Waals surface area contributed by atoms with Crippen LogP contribution in [-0.2, 0) is 11.8 Å². The lowest BCUT2D eigenvalue weighted by molar-refractivity contribution is -0.122. The first kappa shape index (κ1) is 20.7. The summed E-state index contributed by atoms with van der Waals surface area (Å²) in [6.45, 7) is 3.72. The van der Waals surface area contributed by atoms with Gasteiger partial charge in [-0.3, -0.25) is 4.79 Å². The number of aromatic nitrogens is 3. The second-order valence-electron chi connectivity index (χ2n) is 7.76. The second-order valence-corrected chi connectivity index (χ2v) is 7.76. The van der Waals surface area contributed by atoms with Crippen LogP contribution in [-0.4, -0.2) is 31.7 Å². The molecule has 0 aliphatic heterocycles. The monoisotopic (exact) mass is 421 g/mol. The fourth-order valence-corrected chi connectivity index (χ4v) is 3.90. The van der Waals surface area contributed by atoms with E-state index in [4.69, 9.17) is 5.73 Å². The number of amides is 1. The predicted molar refractivity (Wildman–Crippen MR) is 119 cm³/mol. The zero-order valence-electron chi connectivity index (χ0n) is 17.6. The third-order valence-corrected chi connectivity index (χ3v) is 5.39. The zero-order valence-corrected chi connectivity index (χ0v) is 17.6. The summed E-state index contributed by atoms with van der Waals surface area (Å²) >= 11 is 0. The van der Waals surface area contributed by atoms with Gasteiger partial charge in [0.1, 0.15) is 23.1 Å². The molecule has 1 aromatic carbocycles. The summed E-state index contributed by atoms with van der Waals surface area (Å²) in [5, 5.41) is 13.8. The van der Waals surface area contributed by atoms with Gasteiger partial charge in [-0.15, -0.1) is 0 Å². The first-order chi connectivity index (χ1) is 14.7. The number of hydrogen-bond acceptors (Lipinski definition) is 5. The minimum absolute atomic E-state index is 0.274. The zero-order chi connectivity index (χ0) is 22.3. The summed E-state index contributed by atoms with van der Waals surface area (Å²) in [6.07, 6.45) is 4.18. The molecule has 0 radical (unpaired) electrons. The first-order valence-electron chi connectivity index (χ1n) is 10.00. The maximum absolute atomic E-state index is 13.5. The summed E-state index contributed by atoms with van der Waals surface area (Å²) in [5.41, 5.74) is 10.5. The van der Waals surface area contributed by atoms with Crippen molar-refractivity contribution in [2.24, 2.45) is 7.05 Å². The highest BCUT2D eigenvalue weighted by Crippen LogP contribution is 2.35. The van der Waals surface area contributed by atoms with Crippen LogP contribution < -0.4 is 11.1 Å². The number of rotatable bonds is 4. The Morgan fingerprint density at radius 3 is 2.77 bits per heavy atom. The lowest BCUT2D eigenvalue weighted by Crippen LogP contribution is -2.29. The number of allylic oxidation sites excluding steroid dienone is 2. The van der Waals surface area contributed by atoms with E-state index in [1.807, 2.05) is 36.9 Å². The molecule has 2 aromatic heterocycles. The maximum atomic E-state index is 13.5. The molecule has 8 heteroatoms. The Morgan fingerprint density at radius 1 is 1.29 bits per heavy atom. The molecule has 1 amide bonds. The molecule has 2 heterocycles. The molecule has 160 valence electrons. The molecular formula is C23H24FN5O2. The molecule has 0 saturated heterocycles. The van der Waals surface area contributed by atoms with E-state index < -0.39 is 12.0 Å². The van der Waals surface area contributed by atoms with E-state index in [0.717, 1.165) is 27.7 Å². The highest BCUT2D eigenvalue weighted by Gasteiger charge is 2.22. The van der Waals surface area contributed by atoms with Crippen molar-refractivity contribution in [3.8, 4) is 11.1 Å². The van der Waals surface area contributed by atoms with Crippen molar-refractivity contribution < 1.29 is 14.3 Å². The number of nitrogen functional groups attached to an aromatic ring is 1. The lowest BCUT2D eigenvalue weighted by atomic mass is 9.99. The van der Waals surface area contributed by atoms with Crippen molar-refractivity contribution in [1.82, 2.24) is 14.5 Å². The van der Waals surface area contributed by atoms with Crippen LogP contribution >= 0.6 is 0 Å². The number of hydrogen-bond donors (Lipinski definition) is 3. The van der Waals surface area contributed by atoms with Gasteiger partial charge in [0.25, 0.3) is 5.91 Å². The Bertz CT molecular complexity index is 1260. The summed E-state index contributed by atoms with van der Waals surface area (Å²) in [7, 11) is 1.90. The van der Waals surface area contributed by atoms with Crippen molar-refractivity contribution in [3.63, 3.8) is 0 Å². The average Bonchev–Trinajstić information content (AvgIpc) is 3.04. The van der Waals surface area contributed by atoms with Crippen LogP contribution in [0, 0.1) is 13.8 Å². The van der Waals surface area contributed by atoms with Gasteiger partial charge in [0.05, 0.1) is 5.39 Å². The summed E-state index contributed by atoms with van der Waals surface area (Å²) in [6, 6.07) is 5.45. The molecule has 0 spiro atoms. The molecule has 1 aliphatic carbocycles. The number of carbonyl (C=O) groups excluding carboxylic acids is 1. The number of aliphatic hydroxyl groups is 1. The quantitative estimate of drug-likeness (QED) is 0.596. The van der Waals surface area contributed by atoms with Crippen LogP contribution in [0.5, 0.6) is 0 Å². The van der Waals surface area contributed by atoms with E-state index in [-0.39, 0.29) is 11.4 Å². The third-order valence-electron chi connectivity index (χ3n) is 5.39. The lowest BCUT2D eigenvalue weighted by Gasteiger charge is -2.16. The minimum atomic E-state index is -1.43. The number of benzene rings is 1. The molecule has 0 saturated carbocycles.